The van der Waals surface area contributed by atoms with Crippen molar-refractivity contribution in [2.45, 2.75) is 42.2 Å². The first-order valence-corrected chi connectivity index (χ1v) is 24.9. The summed E-state index contributed by atoms with van der Waals surface area (Å²) >= 11 is 0. The van der Waals surface area contributed by atoms with Crippen LogP contribution < -0.4 is 15.1 Å². The Morgan fingerprint density at radius 2 is 1.56 bits per heavy atom. The van der Waals surface area contributed by atoms with Crippen molar-refractivity contribution in [2.75, 3.05) is 63.2 Å². The van der Waals surface area contributed by atoms with E-state index < -0.39 is 60.9 Å². The number of aliphatic hydroxyl groups is 1. The van der Waals surface area contributed by atoms with E-state index in [0.29, 0.717) is 35.0 Å². The van der Waals surface area contributed by atoms with Gasteiger partial charge in [0.25, 0.3) is 15.9 Å². The van der Waals surface area contributed by atoms with Gasteiger partial charge in [0.05, 0.1) is 58.3 Å². The largest absolute Gasteiger partial charge is 0.744 e. The maximum absolute atomic E-state index is 14.1. The minimum absolute atomic E-state index is 0.121. The number of carbonyl (C=O) groups excluding carboxylic acids is 3. The zero-order valence-corrected chi connectivity index (χ0v) is 38.7. The van der Waals surface area contributed by atoms with Crippen molar-refractivity contribution >= 4 is 76.5 Å². The summed E-state index contributed by atoms with van der Waals surface area (Å²) in [5.74, 6) is -3.97. The standard InChI is InChI=1S/C31H37N5O7S.C16H12N2O5S/c1-18-22(29(31(40)41)34-28(18)26(19(2)37)30(34)39)16-33-23-5-3-4-21-14-20(15-24(27(21)23)44(33,42)43)6-7-35-8-11-36(12-9-35,13-10-35)17-25(32)38;19-14-8-6-11(24(21,22)23)9-13(14)17-18-16-12-4-2-1-3-10(12)5-7-15(16)20/h3-5,14-15,18-19,26,28,37H,6-13,16-17H2,1-2H3,(H-2,32,38,40,41);1-9,19-20H,(H,21,22,23)/t18-,19+,26?,28?,35?,36?;/m0./s1. The molecular weight excluding hydrogens is 919 g/mol. The van der Waals surface area contributed by atoms with Gasteiger partial charge in [0, 0.05) is 23.1 Å². The molecule has 6 aliphatic heterocycles. The molecule has 21 heteroatoms. The van der Waals surface area contributed by atoms with Gasteiger partial charge in [-0.05, 0) is 65.2 Å². The molecule has 0 aromatic heterocycles. The number of amides is 2. The number of hydrogen-bond acceptors (Lipinski definition) is 14. The van der Waals surface area contributed by atoms with E-state index in [4.69, 9.17) is 5.73 Å². The van der Waals surface area contributed by atoms with Crippen LogP contribution in [-0.2, 0) is 40.9 Å². The summed E-state index contributed by atoms with van der Waals surface area (Å²) in [6.07, 6.45) is -0.257. The summed E-state index contributed by atoms with van der Waals surface area (Å²) in [7, 11) is -8.71. The molecule has 68 heavy (non-hydrogen) atoms. The van der Waals surface area contributed by atoms with E-state index in [2.05, 4.69) is 10.2 Å². The van der Waals surface area contributed by atoms with Crippen LogP contribution in [0.2, 0.25) is 0 Å². The molecule has 356 valence electrons. The third-order valence-corrected chi connectivity index (χ3v) is 17.1. The monoisotopic (exact) mass is 967 g/mol. The predicted molar refractivity (Wildman–Crippen MR) is 244 cm³/mol. The highest BCUT2D eigenvalue weighted by Crippen LogP contribution is 2.50. The molecule has 4 atom stereocenters. The fourth-order valence-corrected chi connectivity index (χ4v) is 13.0. The van der Waals surface area contributed by atoms with Crippen molar-refractivity contribution in [2.24, 2.45) is 27.8 Å². The summed E-state index contributed by atoms with van der Waals surface area (Å²) in [5, 5.41) is 52.7. The van der Waals surface area contributed by atoms with Gasteiger partial charge in [-0.1, -0.05) is 55.5 Å². The predicted octanol–water partition coefficient (Wildman–Crippen LogP) is 2.47. The lowest BCUT2D eigenvalue weighted by Gasteiger charge is -2.55. The highest BCUT2D eigenvalue weighted by Gasteiger charge is 2.59. The van der Waals surface area contributed by atoms with Crippen LogP contribution in [0.15, 0.2) is 116 Å². The van der Waals surface area contributed by atoms with Crippen LogP contribution in [0.5, 0.6) is 11.5 Å². The second kappa shape index (κ2) is 16.9. The maximum Gasteiger partial charge on any atom is 0.272 e. The Labute approximate surface area is 391 Å². The summed E-state index contributed by atoms with van der Waals surface area (Å²) in [6.45, 7) is 9.96. The van der Waals surface area contributed by atoms with Gasteiger partial charge in [-0.25, -0.2) is 16.8 Å². The Morgan fingerprint density at radius 3 is 2.22 bits per heavy atom. The lowest BCUT2D eigenvalue weighted by Crippen LogP contribution is -2.76. The number of aromatic hydroxyl groups is 2. The van der Waals surface area contributed by atoms with E-state index in [-0.39, 0.29) is 45.9 Å². The van der Waals surface area contributed by atoms with Gasteiger partial charge in [-0.2, -0.15) is 0 Å². The molecule has 19 nitrogen and oxygen atoms in total. The van der Waals surface area contributed by atoms with Gasteiger partial charge < -0.3 is 49.4 Å². The Morgan fingerprint density at radius 1 is 0.897 bits per heavy atom. The Balaban J connectivity index is 0.000000203. The average molecular weight is 968 g/mol. The van der Waals surface area contributed by atoms with Crippen molar-refractivity contribution in [1.29, 1.82) is 0 Å². The third kappa shape index (κ3) is 8.01. The van der Waals surface area contributed by atoms with Crippen LogP contribution in [-0.4, -0.2) is 139 Å². The Hall–Kier alpha value is -6.49. The van der Waals surface area contributed by atoms with Crippen LogP contribution in [0.4, 0.5) is 17.1 Å². The van der Waals surface area contributed by atoms with Crippen LogP contribution in [0, 0.1) is 11.8 Å². The topological polar surface area (TPSA) is 284 Å². The second-order valence-corrected chi connectivity index (χ2v) is 21.7. The van der Waals surface area contributed by atoms with Crippen LogP contribution in [0.3, 0.4) is 0 Å². The number of aliphatic carboxylic acids is 1. The highest BCUT2D eigenvalue weighted by molar-refractivity contribution is 7.93. The normalized spacial score (nSPS) is 25.1. The number of carboxylic acid groups (broad SMARTS) is 1. The van der Waals surface area contributed by atoms with Crippen molar-refractivity contribution < 1.29 is 65.2 Å². The first kappa shape index (κ1) is 46.6. The molecule has 0 spiro atoms. The number of phenolic OH excluding ortho intramolecular Hbond substituents is 2. The number of carbonyl (C=O) groups is 3. The number of benzene rings is 5. The molecule has 5 N–H and O–H groups in total. The zero-order chi connectivity index (χ0) is 48.7. The number of nitrogens with zero attached hydrogens (tertiary/aromatic N) is 6. The van der Waals surface area contributed by atoms with E-state index in [9.17, 15) is 56.2 Å². The van der Waals surface area contributed by atoms with Gasteiger partial charge in [-0.3, -0.25) is 13.9 Å². The molecular formula is C47H49N7O12S2. The number of nitrogens with two attached hydrogens (primary N) is 1. The maximum atomic E-state index is 14.1. The lowest BCUT2D eigenvalue weighted by molar-refractivity contribution is -1.08. The molecule has 5 aromatic carbocycles. The first-order valence-electron chi connectivity index (χ1n) is 22.1. The summed E-state index contributed by atoms with van der Waals surface area (Å²) in [6, 6.07) is 21.9. The number of rotatable bonds is 12. The number of phenols is 2. The Bertz CT molecular complexity index is 3220. The van der Waals surface area contributed by atoms with E-state index in [1.165, 1.54) is 17.3 Å². The molecule has 5 aromatic rings. The van der Waals surface area contributed by atoms with E-state index in [1.54, 1.807) is 43.3 Å². The van der Waals surface area contributed by atoms with Crippen LogP contribution >= 0.6 is 0 Å². The first-order chi connectivity index (χ1) is 32.1. The van der Waals surface area contributed by atoms with Crippen LogP contribution in [0.25, 0.3) is 21.5 Å². The average Bonchev–Trinajstić information content (AvgIpc) is 3.66. The Kier molecular flexibility index (Phi) is 11.6. The fourth-order valence-electron chi connectivity index (χ4n) is 10.8. The molecule has 4 saturated heterocycles. The van der Waals surface area contributed by atoms with Gasteiger partial charge in [0.2, 0.25) is 5.91 Å². The molecule has 0 aliphatic carbocycles. The minimum Gasteiger partial charge on any atom is -0.744 e. The number of primary amides is 1. The van der Waals surface area contributed by atoms with E-state index >= 15 is 0 Å². The van der Waals surface area contributed by atoms with Gasteiger partial charge in [-0.15, -0.1) is 10.2 Å². The minimum atomic E-state index is -4.68. The number of piperazine rings is 3. The molecule has 0 saturated carbocycles. The number of aliphatic hydroxyl groups excluding tert-OH is 1. The SMILES string of the molecule is C[C@@H](O)C1C(=O)N2C(C(=O)[O-])=C(CN3c4cccc5cc(CC[N+]67CC[N+](CC(N)=O)(CC6)CC7)cc(c45)S3(=O)=O)[C@H](C)C12.O=S(=O)([O-])c1ccc(O)c(N=Nc2c(O)ccc3ccccc23)c1. The van der Waals surface area contributed by atoms with Gasteiger partial charge in [0.1, 0.15) is 72.3 Å². The summed E-state index contributed by atoms with van der Waals surface area (Å²) in [4.78, 5) is 37.5. The van der Waals surface area contributed by atoms with Crippen molar-refractivity contribution in [1.82, 2.24) is 4.90 Å². The number of carboxylic acids is 1. The summed E-state index contributed by atoms with van der Waals surface area (Å²) in [5.41, 5.74) is 6.91. The molecule has 0 radical (unpaired) electrons. The molecule has 4 fully saturated rings. The number of azo groups is 1. The third-order valence-electron chi connectivity index (χ3n) is 14.5. The van der Waals surface area contributed by atoms with Crippen molar-refractivity contribution in [3.8, 4) is 11.5 Å². The molecule has 2 bridgehead atoms. The van der Waals surface area contributed by atoms with E-state index in [1.807, 2.05) is 24.3 Å². The summed E-state index contributed by atoms with van der Waals surface area (Å²) < 4.78 is 64.4. The molecule has 6 heterocycles. The highest BCUT2D eigenvalue weighted by atomic mass is 32.2. The molecule has 2 unspecified atom stereocenters. The number of β-lactam (4-membered cyclic amide) rings is 1. The fraction of sp³-hybridized carbons (Fsp3) is 0.340. The quantitative estimate of drug-likeness (QED) is 0.0608. The number of fused-ring (bicyclic) bond motifs is 5. The number of quaternary nitrogens is 2. The van der Waals surface area contributed by atoms with Gasteiger partial charge in [0.15, 0.2) is 6.54 Å². The van der Waals surface area contributed by atoms with Crippen molar-refractivity contribution in [3.63, 3.8) is 0 Å². The van der Waals surface area contributed by atoms with Crippen LogP contribution in [0.1, 0.15) is 19.4 Å². The second-order valence-electron chi connectivity index (χ2n) is 18.5. The number of anilines is 1. The van der Waals surface area contributed by atoms with Gasteiger partial charge >= 0.3 is 0 Å². The zero-order valence-electron chi connectivity index (χ0n) is 37.1. The number of hydrogen-bond donors (Lipinski definition) is 4. The molecule has 2 amide bonds. The van der Waals surface area contributed by atoms with Crippen molar-refractivity contribution in [3.05, 3.63) is 102 Å². The smallest absolute Gasteiger partial charge is 0.272 e. The number of sulfonamides is 1. The molecule has 6 aliphatic rings. The van der Waals surface area contributed by atoms with E-state index in [0.717, 1.165) is 94.2 Å². The lowest BCUT2D eigenvalue weighted by atomic mass is 9.78. The molecule has 11 rings (SSSR count).